The fraction of sp³-hybridized carbons (Fsp3) is 0.667. The van der Waals surface area contributed by atoms with Gasteiger partial charge >= 0.3 is 5.97 Å². The fourth-order valence-corrected chi connectivity index (χ4v) is 9.37. The van der Waals surface area contributed by atoms with Gasteiger partial charge in [-0.1, -0.05) is 26.0 Å². The second-order valence-corrected chi connectivity index (χ2v) is 15.5. The van der Waals surface area contributed by atoms with Crippen molar-refractivity contribution in [3.8, 4) is 5.75 Å². The van der Waals surface area contributed by atoms with Crippen LogP contribution in [-0.2, 0) is 14.3 Å². The minimum atomic E-state index is -1.52. The van der Waals surface area contributed by atoms with Crippen LogP contribution in [0.1, 0.15) is 91.5 Å². The lowest BCUT2D eigenvalue weighted by molar-refractivity contribution is -0.181. The quantitative estimate of drug-likeness (QED) is 0.186. The monoisotopic (exact) mass is 626 g/mol. The summed E-state index contributed by atoms with van der Waals surface area (Å²) in [6.45, 7) is 8.89. The van der Waals surface area contributed by atoms with E-state index in [0.717, 1.165) is 0 Å². The summed E-state index contributed by atoms with van der Waals surface area (Å²) in [6, 6.07) is 6.33. The van der Waals surface area contributed by atoms with Gasteiger partial charge in [0.1, 0.15) is 11.9 Å². The molecule has 10 atom stereocenters. The van der Waals surface area contributed by atoms with Gasteiger partial charge in [0.25, 0.3) is 0 Å². The first-order valence-corrected chi connectivity index (χ1v) is 16.3. The highest BCUT2D eigenvalue weighted by Gasteiger charge is 2.69. The van der Waals surface area contributed by atoms with E-state index < -0.39 is 63.8 Å². The summed E-state index contributed by atoms with van der Waals surface area (Å²) in [6.07, 6.45) is 4.41. The Kier molecular flexibility index (Phi) is 8.71. The summed E-state index contributed by atoms with van der Waals surface area (Å²) in [7, 11) is 0. The highest BCUT2D eigenvalue weighted by molar-refractivity contribution is 5.95. The molecule has 1 aromatic carbocycles. The van der Waals surface area contributed by atoms with Crippen LogP contribution >= 0.6 is 0 Å². The molecule has 4 aliphatic rings. The van der Waals surface area contributed by atoms with Crippen LogP contribution in [-0.4, -0.2) is 77.5 Å². The molecule has 1 aromatic rings. The van der Waals surface area contributed by atoms with E-state index in [0.29, 0.717) is 43.2 Å². The second-order valence-electron chi connectivity index (χ2n) is 15.5. The topological polar surface area (TPSA) is 165 Å². The fourth-order valence-electron chi connectivity index (χ4n) is 9.37. The first kappa shape index (κ1) is 33.8. The predicted octanol–water partition coefficient (Wildman–Crippen LogP) is 3.82. The Labute approximate surface area is 265 Å². The van der Waals surface area contributed by atoms with E-state index in [9.17, 15) is 40.2 Å². The minimum absolute atomic E-state index is 0.115. The van der Waals surface area contributed by atoms with Gasteiger partial charge in [-0.25, -0.2) is 4.79 Å². The summed E-state index contributed by atoms with van der Waals surface area (Å²) in [4.78, 5) is 26.5. The number of esters is 1. The van der Waals surface area contributed by atoms with E-state index in [2.05, 4.69) is 0 Å². The zero-order valence-corrected chi connectivity index (χ0v) is 27.1. The lowest BCUT2D eigenvalue weighted by Crippen LogP contribution is -2.63. The lowest BCUT2D eigenvalue weighted by atomic mass is 9.45. The molecule has 6 N–H and O–H groups in total. The molecule has 3 fully saturated rings. The van der Waals surface area contributed by atoms with E-state index in [1.54, 1.807) is 45.1 Å². The lowest BCUT2D eigenvalue weighted by Gasteiger charge is -2.60. The molecule has 0 radical (unpaired) electrons. The molecule has 45 heavy (non-hydrogen) atoms. The predicted molar refractivity (Wildman–Crippen MR) is 168 cm³/mol. The Morgan fingerprint density at radius 3 is 2.40 bits per heavy atom. The standard InChI is InChI=1S/C36H50O9/c1-32(2,42)15-14-30(40)35(5,43)29-13-17-36(44)24-18-26(38)25-19-28(45-31(41)11-8-21-6-9-22(37)10-7-21)27(39)20-33(25,3)23(24)12-16-34(29,36)4/h6-11,18,23,25,27-30,37,39-40,42-44H,12-17,19-20H2,1-5H3/t23?,25-,27-,28+,29-,30+,33+,34+,35+,36+/m0/s1. The zero-order chi connectivity index (χ0) is 33.2. The van der Waals surface area contributed by atoms with E-state index in [1.165, 1.54) is 18.2 Å². The number of fused-ring (bicyclic) bond motifs is 5. The van der Waals surface area contributed by atoms with Gasteiger partial charge in [-0.05, 0) is 125 Å². The van der Waals surface area contributed by atoms with Crippen LogP contribution in [0.5, 0.6) is 5.75 Å². The van der Waals surface area contributed by atoms with Crippen LogP contribution in [0.3, 0.4) is 0 Å². The number of hydrogen-bond acceptors (Lipinski definition) is 9. The average molecular weight is 627 g/mol. The summed E-state index contributed by atoms with van der Waals surface area (Å²) >= 11 is 0. The number of allylic oxidation sites excluding steroid dienone is 1. The van der Waals surface area contributed by atoms with Gasteiger partial charge in [0.15, 0.2) is 5.78 Å². The van der Waals surface area contributed by atoms with Crippen molar-refractivity contribution in [2.45, 2.75) is 121 Å². The smallest absolute Gasteiger partial charge is 0.331 e. The van der Waals surface area contributed by atoms with Crippen molar-refractivity contribution in [2.75, 3.05) is 0 Å². The minimum Gasteiger partial charge on any atom is -0.508 e. The highest BCUT2D eigenvalue weighted by Crippen LogP contribution is 2.68. The first-order valence-electron chi connectivity index (χ1n) is 16.3. The average Bonchev–Trinajstić information content (AvgIpc) is 3.24. The molecule has 1 unspecified atom stereocenters. The van der Waals surface area contributed by atoms with Crippen LogP contribution in [0, 0.1) is 28.6 Å². The van der Waals surface area contributed by atoms with Gasteiger partial charge in [0.2, 0.25) is 0 Å². The molecule has 9 heteroatoms. The number of rotatable bonds is 8. The van der Waals surface area contributed by atoms with Crippen molar-refractivity contribution in [2.24, 2.45) is 28.6 Å². The molecule has 9 nitrogen and oxygen atoms in total. The van der Waals surface area contributed by atoms with Crippen molar-refractivity contribution in [3.63, 3.8) is 0 Å². The Balaban J connectivity index is 1.34. The van der Waals surface area contributed by atoms with Crippen LogP contribution in [0.4, 0.5) is 0 Å². The summed E-state index contributed by atoms with van der Waals surface area (Å²) in [5.41, 5.74) is -3.97. The summed E-state index contributed by atoms with van der Waals surface area (Å²) < 4.78 is 5.63. The summed E-state index contributed by atoms with van der Waals surface area (Å²) in [5, 5.41) is 66.1. The number of aliphatic hydroxyl groups excluding tert-OH is 2. The second kappa shape index (κ2) is 11.6. The van der Waals surface area contributed by atoms with E-state index >= 15 is 0 Å². The molecule has 248 valence electrons. The van der Waals surface area contributed by atoms with Gasteiger partial charge in [0, 0.05) is 17.4 Å². The molecule has 0 aliphatic heterocycles. The van der Waals surface area contributed by atoms with E-state index in [4.69, 9.17) is 4.74 Å². The normalized spacial score (nSPS) is 38.5. The molecule has 0 aromatic heterocycles. The SMILES string of the molecule is CC(C)(O)CC[C@@H](O)[C@](C)(O)[C@H]1CC[C@@]2(O)C3=CC(=O)[C@@H]4C[C@@H](OC(=O)C=Cc5ccc(O)cc5)[C@@H](O)C[C@]4(C)C3CC[C@]12C. The van der Waals surface area contributed by atoms with Crippen molar-refractivity contribution in [1.82, 2.24) is 0 Å². The number of carbonyl (C=O) groups is 2. The number of carbonyl (C=O) groups excluding carboxylic acids is 2. The highest BCUT2D eigenvalue weighted by atomic mass is 16.6. The maximum absolute atomic E-state index is 13.8. The van der Waals surface area contributed by atoms with Crippen molar-refractivity contribution < 1.29 is 45.0 Å². The Hall–Kier alpha value is -2.56. The first-order chi connectivity index (χ1) is 20.8. The van der Waals surface area contributed by atoms with E-state index in [-0.39, 0.29) is 36.7 Å². The third-order valence-electron chi connectivity index (χ3n) is 12.1. The Bertz CT molecular complexity index is 1360. The number of aliphatic hydroxyl groups is 5. The summed E-state index contributed by atoms with van der Waals surface area (Å²) in [5.74, 6) is -1.79. The third kappa shape index (κ3) is 5.91. The number of hydrogen-bond donors (Lipinski definition) is 6. The number of phenolic OH excluding ortho intramolecular Hbond substituents is 1. The molecule has 4 aliphatic carbocycles. The molecule has 0 amide bonds. The maximum Gasteiger partial charge on any atom is 0.331 e. The van der Waals surface area contributed by atoms with E-state index in [1.807, 2.05) is 13.8 Å². The van der Waals surface area contributed by atoms with Crippen molar-refractivity contribution in [3.05, 3.63) is 47.6 Å². The van der Waals surface area contributed by atoms with Crippen LogP contribution in [0.25, 0.3) is 6.08 Å². The number of phenols is 1. The van der Waals surface area contributed by atoms with Crippen LogP contribution < -0.4 is 0 Å². The largest absolute Gasteiger partial charge is 0.508 e. The maximum atomic E-state index is 13.8. The number of ketones is 1. The molecule has 0 heterocycles. The zero-order valence-electron chi connectivity index (χ0n) is 27.1. The molecule has 0 spiro atoms. The molecular formula is C36H50O9. The molecule has 5 rings (SSSR count). The van der Waals surface area contributed by atoms with Gasteiger partial charge in [0.05, 0.1) is 29.0 Å². The molecule has 0 saturated heterocycles. The number of aromatic hydroxyl groups is 1. The molecule has 3 saturated carbocycles. The number of ether oxygens (including phenoxy) is 1. The third-order valence-corrected chi connectivity index (χ3v) is 12.1. The van der Waals surface area contributed by atoms with Gasteiger partial charge in [-0.2, -0.15) is 0 Å². The van der Waals surface area contributed by atoms with Crippen LogP contribution in [0.15, 0.2) is 42.0 Å². The van der Waals surface area contributed by atoms with Crippen molar-refractivity contribution >= 4 is 17.8 Å². The van der Waals surface area contributed by atoms with Crippen LogP contribution in [0.2, 0.25) is 0 Å². The van der Waals surface area contributed by atoms with Gasteiger partial charge in [-0.3, -0.25) is 4.79 Å². The van der Waals surface area contributed by atoms with Gasteiger partial charge in [-0.15, -0.1) is 0 Å². The van der Waals surface area contributed by atoms with Crippen molar-refractivity contribution in [1.29, 1.82) is 0 Å². The number of benzene rings is 1. The van der Waals surface area contributed by atoms with Gasteiger partial charge < -0.3 is 35.4 Å². The molecular weight excluding hydrogens is 576 g/mol. The Morgan fingerprint density at radius 1 is 1.09 bits per heavy atom. The Morgan fingerprint density at radius 2 is 1.76 bits per heavy atom. The molecule has 0 bridgehead atoms.